The lowest BCUT2D eigenvalue weighted by molar-refractivity contribution is -0.154. The Morgan fingerprint density at radius 2 is 0.978 bits per heavy atom. The standard InChI is InChI=1S/C41H76O4/c1-3-5-7-9-11-13-15-17-18-19-20-21-22-23-25-27-29-31-33-35-37-44-39-40(38-42)45-41(43)36-34-32-30-28-26-24-16-14-12-10-8-6-4-2/h8,10,14,16-18,40,42H,3-7,9,11-13,15,19-39H2,1-2H3/b10-8-,16-14-,18-17-. The molecule has 264 valence electrons. The molecule has 0 amide bonds. The van der Waals surface area contributed by atoms with E-state index >= 15 is 0 Å². The first-order chi connectivity index (χ1) is 22.2. The maximum atomic E-state index is 12.1. The molecular formula is C41H76O4. The highest BCUT2D eigenvalue weighted by Gasteiger charge is 2.13. The first-order valence-corrected chi connectivity index (χ1v) is 19.6. The number of unbranched alkanes of at least 4 members (excludes halogenated alkanes) is 22. The van der Waals surface area contributed by atoms with Crippen molar-refractivity contribution >= 4 is 5.97 Å². The molecule has 0 saturated carbocycles. The number of rotatable bonds is 36. The summed E-state index contributed by atoms with van der Waals surface area (Å²) in [6, 6.07) is 0. The van der Waals surface area contributed by atoms with E-state index in [0.29, 0.717) is 19.6 Å². The highest BCUT2D eigenvalue weighted by atomic mass is 16.6. The van der Waals surface area contributed by atoms with Crippen molar-refractivity contribution in [3.05, 3.63) is 36.5 Å². The predicted molar refractivity (Wildman–Crippen MR) is 196 cm³/mol. The zero-order chi connectivity index (χ0) is 32.7. The monoisotopic (exact) mass is 633 g/mol. The number of aliphatic hydroxyl groups is 1. The maximum Gasteiger partial charge on any atom is 0.306 e. The van der Waals surface area contributed by atoms with Crippen LogP contribution in [0.15, 0.2) is 36.5 Å². The van der Waals surface area contributed by atoms with Gasteiger partial charge in [-0.05, 0) is 64.2 Å². The van der Waals surface area contributed by atoms with Crippen LogP contribution < -0.4 is 0 Å². The third-order valence-corrected chi connectivity index (χ3v) is 8.42. The molecule has 0 bridgehead atoms. The molecule has 4 heteroatoms. The Labute approximate surface area is 280 Å². The summed E-state index contributed by atoms with van der Waals surface area (Å²) < 4.78 is 11.1. The highest BCUT2D eigenvalue weighted by molar-refractivity contribution is 5.69. The van der Waals surface area contributed by atoms with Crippen molar-refractivity contribution in [2.75, 3.05) is 19.8 Å². The van der Waals surface area contributed by atoms with E-state index in [0.717, 1.165) is 38.5 Å². The van der Waals surface area contributed by atoms with E-state index in [1.165, 1.54) is 135 Å². The minimum Gasteiger partial charge on any atom is -0.457 e. The predicted octanol–water partition coefficient (Wildman–Crippen LogP) is 12.5. The molecule has 0 aliphatic carbocycles. The molecule has 0 aliphatic rings. The van der Waals surface area contributed by atoms with Crippen molar-refractivity contribution in [3.63, 3.8) is 0 Å². The second-order valence-electron chi connectivity index (χ2n) is 13.0. The summed E-state index contributed by atoms with van der Waals surface area (Å²) in [5.41, 5.74) is 0. The van der Waals surface area contributed by atoms with Gasteiger partial charge in [0.15, 0.2) is 0 Å². The fourth-order valence-electron chi connectivity index (χ4n) is 5.48. The molecule has 0 saturated heterocycles. The van der Waals surface area contributed by atoms with Crippen molar-refractivity contribution in [3.8, 4) is 0 Å². The van der Waals surface area contributed by atoms with Crippen LogP contribution in [0.2, 0.25) is 0 Å². The van der Waals surface area contributed by atoms with Crippen LogP contribution in [0.4, 0.5) is 0 Å². The third kappa shape index (κ3) is 36.9. The molecule has 1 atom stereocenters. The van der Waals surface area contributed by atoms with Crippen molar-refractivity contribution in [1.82, 2.24) is 0 Å². The van der Waals surface area contributed by atoms with E-state index in [1.54, 1.807) is 0 Å². The molecule has 0 aromatic rings. The number of hydrogen-bond acceptors (Lipinski definition) is 4. The molecule has 0 rings (SSSR count). The first-order valence-electron chi connectivity index (χ1n) is 19.6. The molecule has 0 spiro atoms. The lowest BCUT2D eigenvalue weighted by Gasteiger charge is -2.15. The Balaban J connectivity index is 3.42. The molecule has 1 unspecified atom stereocenters. The van der Waals surface area contributed by atoms with Crippen LogP contribution in [0, 0.1) is 0 Å². The van der Waals surface area contributed by atoms with Gasteiger partial charge in [0.05, 0.1) is 13.2 Å². The largest absolute Gasteiger partial charge is 0.457 e. The van der Waals surface area contributed by atoms with Gasteiger partial charge in [-0.2, -0.15) is 0 Å². The fraction of sp³-hybridized carbons (Fsp3) is 0.829. The molecule has 1 N–H and O–H groups in total. The second kappa shape index (κ2) is 38.8. The summed E-state index contributed by atoms with van der Waals surface area (Å²) in [4.78, 5) is 12.1. The van der Waals surface area contributed by atoms with Crippen molar-refractivity contribution < 1.29 is 19.4 Å². The molecule has 4 nitrogen and oxygen atoms in total. The third-order valence-electron chi connectivity index (χ3n) is 8.42. The minimum atomic E-state index is -0.540. The van der Waals surface area contributed by atoms with Crippen molar-refractivity contribution in [1.29, 1.82) is 0 Å². The molecule has 0 aromatic heterocycles. The SMILES string of the molecule is CCC/C=C\C/C=C\CCCCCCCC(=O)OC(CO)COCCCCCCCCCCCC/C=C\CCCCCCCC. The molecule has 0 heterocycles. The van der Waals surface area contributed by atoms with Gasteiger partial charge in [0.1, 0.15) is 6.10 Å². The topological polar surface area (TPSA) is 55.8 Å². The summed E-state index contributed by atoms with van der Waals surface area (Å²) in [5.74, 6) is -0.215. The first kappa shape index (κ1) is 43.6. The van der Waals surface area contributed by atoms with E-state index < -0.39 is 6.10 Å². The lowest BCUT2D eigenvalue weighted by Crippen LogP contribution is -2.27. The Morgan fingerprint density at radius 3 is 1.49 bits per heavy atom. The summed E-state index contributed by atoms with van der Waals surface area (Å²) in [6.07, 6.45) is 47.6. The number of esters is 1. The van der Waals surface area contributed by atoms with Gasteiger partial charge >= 0.3 is 5.97 Å². The van der Waals surface area contributed by atoms with Gasteiger partial charge in [-0.25, -0.2) is 0 Å². The number of carbonyl (C=O) groups is 1. The molecule has 45 heavy (non-hydrogen) atoms. The van der Waals surface area contributed by atoms with Crippen LogP contribution >= 0.6 is 0 Å². The van der Waals surface area contributed by atoms with Crippen LogP contribution in [-0.4, -0.2) is 37.0 Å². The summed E-state index contributed by atoms with van der Waals surface area (Å²) in [6.45, 7) is 5.27. The van der Waals surface area contributed by atoms with Gasteiger partial charge in [-0.15, -0.1) is 0 Å². The lowest BCUT2D eigenvalue weighted by atomic mass is 10.1. The fourth-order valence-corrected chi connectivity index (χ4v) is 5.48. The van der Waals surface area contributed by atoms with Crippen molar-refractivity contribution in [2.24, 2.45) is 0 Å². The average Bonchev–Trinajstić information content (AvgIpc) is 3.05. The molecule has 0 radical (unpaired) electrons. The van der Waals surface area contributed by atoms with Gasteiger partial charge in [-0.1, -0.05) is 159 Å². The van der Waals surface area contributed by atoms with Gasteiger partial charge in [-0.3, -0.25) is 4.79 Å². The van der Waals surface area contributed by atoms with Crippen LogP contribution in [0.25, 0.3) is 0 Å². The number of ether oxygens (including phenoxy) is 2. The van der Waals surface area contributed by atoms with E-state index in [9.17, 15) is 9.90 Å². The summed E-state index contributed by atoms with van der Waals surface area (Å²) >= 11 is 0. The van der Waals surface area contributed by atoms with Crippen LogP contribution in [0.1, 0.15) is 194 Å². The zero-order valence-electron chi connectivity index (χ0n) is 30.1. The average molecular weight is 633 g/mol. The molecule has 0 aromatic carbocycles. The van der Waals surface area contributed by atoms with E-state index in [-0.39, 0.29) is 12.6 Å². The highest BCUT2D eigenvalue weighted by Crippen LogP contribution is 2.13. The Morgan fingerprint density at radius 1 is 0.533 bits per heavy atom. The quantitative estimate of drug-likeness (QED) is 0.0424. The summed E-state index contributed by atoms with van der Waals surface area (Å²) in [5, 5.41) is 9.56. The van der Waals surface area contributed by atoms with Crippen molar-refractivity contribution in [2.45, 2.75) is 200 Å². The van der Waals surface area contributed by atoms with Gasteiger partial charge in [0.25, 0.3) is 0 Å². The maximum absolute atomic E-state index is 12.1. The number of carbonyl (C=O) groups excluding carboxylic acids is 1. The van der Waals surface area contributed by atoms with E-state index in [4.69, 9.17) is 9.47 Å². The minimum absolute atomic E-state index is 0.177. The van der Waals surface area contributed by atoms with Gasteiger partial charge in [0.2, 0.25) is 0 Å². The van der Waals surface area contributed by atoms with Gasteiger partial charge < -0.3 is 14.6 Å². The smallest absolute Gasteiger partial charge is 0.306 e. The number of hydrogen-bond donors (Lipinski definition) is 1. The normalized spacial score (nSPS) is 12.7. The number of aliphatic hydroxyl groups excluding tert-OH is 1. The van der Waals surface area contributed by atoms with Gasteiger partial charge in [0, 0.05) is 13.0 Å². The van der Waals surface area contributed by atoms with Crippen LogP contribution in [0.3, 0.4) is 0 Å². The molecule has 0 aliphatic heterocycles. The Bertz CT molecular complexity index is 668. The van der Waals surface area contributed by atoms with E-state index in [2.05, 4.69) is 50.3 Å². The second-order valence-corrected chi connectivity index (χ2v) is 13.0. The van der Waals surface area contributed by atoms with E-state index in [1.807, 2.05) is 0 Å². The number of allylic oxidation sites excluding steroid dienone is 6. The zero-order valence-corrected chi connectivity index (χ0v) is 30.1. The van der Waals surface area contributed by atoms with Crippen LogP contribution in [-0.2, 0) is 14.3 Å². The Kier molecular flexibility index (Phi) is 37.6. The van der Waals surface area contributed by atoms with Crippen LogP contribution in [0.5, 0.6) is 0 Å². The molecular weight excluding hydrogens is 556 g/mol. The summed E-state index contributed by atoms with van der Waals surface area (Å²) in [7, 11) is 0. The Hall–Kier alpha value is -1.39. The molecule has 0 fully saturated rings.